The largest absolute Gasteiger partial charge is 0.493 e. The van der Waals surface area contributed by atoms with E-state index >= 15 is 0 Å². The summed E-state index contributed by atoms with van der Waals surface area (Å²) in [5.41, 5.74) is 0.237. The molecule has 1 aliphatic heterocycles. The Balaban J connectivity index is 2.43. The topological polar surface area (TPSA) is 29.5 Å². The van der Waals surface area contributed by atoms with Crippen LogP contribution in [0.15, 0.2) is 18.2 Å². The standard InChI is InChI=1S/C11H13ClO2/c1-11(2,13)9-6-14-10-4-3-7(12)5-8(9)10/h3-5,9,13H,6H2,1-2H3. The van der Waals surface area contributed by atoms with E-state index in [1.165, 1.54) is 0 Å². The smallest absolute Gasteiger partial charge is 0.123 e. The molecule has 0 bridgehead atoms. The van der Waals surface area contributed by atoms with Crippen LogP contribution in [0.5, 0.6) is 5.75 Å². The van der Waals surface area contributed by atoms with Crippen LogP contribution >= 0.6 is 11.6 Å². The maximum Gasteiger partial charge on any atom is 0.123 e. The summed E-state index contributed by atoms with van der Waals surface area (Å²) in [6.45, 7) is 4.10. The highest BCUT2D eigenvalue weighted by molar-refractivity contribution is 6.30. The van der Waals surface area contributed by atoms with Gasteiger partial charge in [-0.2, -0.15) is 0 Å². The van der Waals surface area contributed by atoms with Crippen LogP contribution < -0.4 is 4.74 Å². The first kappa shape index (κ1) is 9.81. The van der Waals surface area contributed by atoms with Gasteiger partial charge in [-0.15, -0.1) is 0 Å². The first-order valence-corrected chi connectivity index (χ1v) is 5.01. The van der Waals surface area contributed by atoms with E-state index in [9.17, 15) is 5.11 Å². The Hall–Kier alpha value is -0.730. The van der Waals surface area contributed by atoms with E-state index in [1.807, 2.05) is 12.1 Å². The lowest BCUT2D eigenvalue weighted by molar-refractivity contribution is 0.0422. The molecule has 1 atom stereocenters. The van der Waals surface area contributed by atoms with E-state index in [0.29, 0.717) is 11.6 Å². The van der Waals surface area contributed by atoms with Crippen LogP contribution in [0.2, 0.25) is 5.02 Å². The van der Waals surface area contributed by atoms with Gasteiger partial charge in [-0.05, 0) is 32.0 Å². The number of ether oxygens (including phenoxy) is 1. The molecular weight excluding hydrogens is 200 g/mol. The number of benzene rings is 1. The van der Waals surface area contributed by atoms with E-state index < -0.39 is 5.60 Å². The summed E-state index contributed by atoms with van der Waals surface area (Å²) < 4.78 is 5.47. The molecule has 1 aromatic carbocycles. The molecule has 76 valence electrons. The lowest BCUT2D eigenvalue weighted by atomic mass is 9.86. The molecular formula is C11H13ClO2. The quantitative estimate of drug-likeness (QED) is 0.776. The predicted octanol–water partition coefficient (Wildman–Crippen LogP) is 2.59. The van der Waals surface area contributed by atoms with Gasteiger partial charge >= 0.3 is 0 Å². The summed E-state index contributed by atoms with van der Waals surface area (Å²) >= 11 is 5.90. The van der Waals surface area contributed by atoms with Gasteiger partial charge in [0.2, 0.25) is 0 Å². The minimum absolute atomic E-state index is 0.0104. The number of fused-ring (bicyclic) bond motifs is 1. The van der Waals surface area contributed by atoms with Crippen LogP contribution in [0, 0.1) is 0 Å². The molecule has 3 heteroatoms. The molecule has 14 heavy (non-hydrogen) atoms. The van der Waals surface area contributed by atoms with Crippen LogP contribution in [-0.4, -0.2) is 17.3 Å². The Bertz CT molecular complexity index is 355. The third kappa shape index (κ3) is 1.60. The van der Waals surface area contributed by atoms with Gasteiger partial charge in [0.1, 0.15) is 5.75 Å². The Kier molecular flexibility index (Phi) is 2.20. The molecule has 2 rings (SSSR count). The fourth-order valence-electron chi connectivity index (χ4n) is 1.77. The van der Waals surface area contributed by atoms with E-state index in [2.05, 4.69) is 0 Å². The molecule has 1 heterocycles. The van der Waals surface area contributed by atoms with Crippen LogP contribution in [0.4, 0.5) is 0 Å². The number of halogens is 1. The van der Waals surface area contributed by atoms with E-state index in [1.54, 1.807) is 19.9 Å². The summed E-state index contributed by atoms with van der Waals surface area (Å²) in [6.07, 6.45) is 0. The second-order valence-electron chi connectivity index (χ2n) is 4.20. The van der Waals surface area contributed by atoms with Crippen molar-refractivity contribution in [2.24, 2.45) is 0 Å². The van der Waals surface area contributed by atoms with Crippen LogP contribution in [0.1, 0.15) is 25.3 Å². The monoisotopic (exact) mass is 212 g/mol. The molecule has 1 unspecified atom stereocenters. The second-order valence-corrected chi connectivity index (χ2v) is 4.64. The van der Waals surface area contributed by atoms with Gasteiger partial charge in [0.25, 0.3) is 0 Å². The molecule has 0 fully saturated rings. The first-order chi connectivity index (χ1) is 6.48. The molecule has 0 amide bonds. The van der Waals surface area contributed by atoms with Gasteiger partial charge in [-0.1, -0.05) is 11.6 Å². The summed E-state index contributed by atoms with van der Waals surface area (Å²) in [5, 5.41) is 10.6. The van der Waals surface area contributed by atoms with E-state index in [0.717, 1.165) is 11.3 Å². The van der Waals surface area contributed by atoms with Gasteiger partial charge in [0.15, 0.2) is 0 Å². The molecule has 0 saturated carbocycles. The van der Waals surface area contributed by atoms with Crippen molar-refractivity contribution in [2.45, 2.75) is 25.4 Å². The van der Waals surface area contributed by atoms with Gasteiger partial charge in [-0.25, -0.2) is 0 Å². The average molecular weight is 213 g/mol. The summed E-state index contributed by atoms with van der Waals surface area (Å²) in [4.78, 5) is 0. The Morgan fingerprint density at radius 2 is 2.21 bits per heavy atom. The van der Waals surface area contributed by atoms with Crippen molar-refractivity contribution in [1.29, 1.82) is 0 Å². The molecule has 1 aromatic rings. The van der Waals surface area contributed by atoms with Crippen LogP contribution in [0.25, 0.3) is 0 Å². The Morgan fingerprint density at radius 3 is 2.86 bits per heavy atom. The summed E-state index contributed by atoms with van der Waals surface area (Å²) in [7, 11) is 0. The zero-order valence-corrected chi connectivity index (χ0v) is 9.01. The van der Waals surface area contributed by atoms with Gasteiger partial charge in [0.05, 0.1) is 18.1 Å². The van der Waals surface area contributed by atoms with E-state index in [4.69, 9.17) is 16.3 Å². The number of hydrogen-bond acceptors (Lipinski definition) is 2. The number of hydrogen-bond donors (Lipinski definition) is 1. The molecule has 1 N–H and O–H groups in total. The highest BCUT2D eigenvalue weighted by Crippen LogP contribution is 2.41. The van der Waals surface area contributed by atoms with Gasteiger partial charge < -0.3 is 9.84 Å². The molecule has 1 aliphatic rings. The van der Waals surface area contributed by atoms with Crippen molar-refractivity contribution in [1.82, 2.24) is 0 Å². The molecule has 2 nitrogen and oxygen atoms in total. The Labute approximate surface area is 88.5 Å². The third-order valence-electron chi connectivity index (χ3n) is 2.61. The van der Waals surface area contributed by atoms with Crippen molar-refractivity contribution in [2.75, 3.05) is 6.61 Å². The van der Waals surface area contributed by atoms with Crippen molar-refractivity contribution >= 4 is 11.6 Å². The minimum atomic E-state index is -0.768. The fourth-order valence-corrected chi connectivity index (χ4v) is 1.95. The maximum atomic E-state index is 9.93. The summed E-state index contributed by atoms with van der Waals surface area (Å²) in [6, 6.07) is 5.52. The van der Waals surface area contributed by atoms with Gasteiger partial charge in [-0.3, -0.25) is 0 Å². The lowest BCUT2D eigenvalue weighted by Crippen LogP contribution is -2.29. The lowest BCUT2D eigenvalue weighted by Gasteiger charge is -2.24. The normalized spacial score (nSPS) is 20.4. The van der Waals surface area contributed by atoms with E-state index in [-0.39, 0.29) is 5.92 Å². The first-order valence-electron chi connectivity index (χ1n) is 4.63. The molecule has 0 radical (unpaired) electrons. The predicted molar refractivity (Wildman–Crippen MR) is 56.0 cm³/mol. The maximum absolute atomic E-state index is 9.93. The minimum Gasteiger partial charge on any atom is -0.493 e. The van der Waals surface area contributed by atoms with Crippen molar-refractivity contribution in [3.05, 3.63) is 28.8 Å². The van der Waals surface area contributed by atoms with Crippen molar-refractivity contribution in [3.63, 3.8) is 0 Å². The van der Waals surface area contributed by atoms with Crippen LogP contribution in [-0.2, 0) is 0 Å². The Morgan fingerprint density at radius 1 is 1.50 bits per heavy atom. The second kappa shape index (κ2) is 3.14. The highest BCUT2D eigenvalue weighted by Gasteiger charge is 2.35. The number of rotatable bonds is 1. The van der Waals surface area contributed by atoms with Crippen LogP contribution in [0.3, 0.4) is 0 Å². The summed E-state index contributed by atoms with van der Waals surface area (Å²) in [5.74, 6) is 0.845. The van der Waals surface area contributed by atoms with Crippen molar-refractivity contribution < 1.29 is 9.84 Å². The van der Waals surface area contributed by atoms with Gasteiger partial charge in [0, 0.05) is 10.6 Å². The highest BCUT2D eigenvalue weighted by atomic mass is 35.5. The molecule has 0 saturated heterocycles. The third-order valence-corrected chi connectivity index (χ3v) is 2.84. The average Bonchev–Trinajstić information content (AvgIpc) is 2.45. The molecule has 0 aliphatic carbocycles. The molecule has 0 spiro atoms. The SMILES string of the molecule is CC(C)(O)C1COc2ccc(Cl)cc21. The zero-order chi connectivity index (χ0) is 10.3. The number of aliphatic hydroxyl groups is 1. The fraction of sp³-hybridized carbons (Fsp3) is 0.455. The zero-order valence-electron chi connectivity index (χ0n) is 8.25. The van der Waals surface area contributed by atoms with Crippen molar-refractivity contribution in [3.8, 4) is 5.75 Å². The molecule has 0 aromatic heterocycles.